The Balaban J connectivity index is 2.39. The summed E-state index contributed by atoms with van der Waals surface area (Å²) in [5.74, 6) is 0.992. The minimum absolute atomic E-state index is 0.774. The summed E-state index contributed by atoms with van der Waals surface area (Å²) >= 11 is 0. The molecule has 1 N–H and O–H groups in total. The maximum absolute atomic E-state index is 5.58. The molecule has 0 aliphatic carbocycles. The van der Waals surface area contributed by atoms with E-state index in [9.17, 15) is 0 Å². The summed E-state index contributed by atoms with van der Waals surface area (Å²) in [4.78, 5) is 0. The van der Waals surface area contributed by atoms with Gasteiger partial charge in [-0.2, -0.15) is 0 Å². The lowest BCUT2D eigenvalue weighted by Crippen LogP contribution is -2.19. The summed E-state index contributed by atoms with van der Waals surface area (Å²) < 4.78 is 10.9. The van der Waals surface area contributed by atoms with Gasteiger partial charge < -0.3 is 14.8 Å². The summed E-state index contributed by atoms with van der Waals surface area (Å²) in [7, 11) is 1.72. The smallest absolute Gasteiger partial charge is 0.124 e. The fraction of sp³-hybridized carbons (Fsp3) is 0.600. The lowest BCUT2D eigenvalue weighted by atomic mass is 10.0. The molecule has 1 rings (SSSR count). The number of hydrogen-bond acceptors (Lipinski definition) is 3. The topological polar surface area (TPSA) is 30.5 Å². The maximum Gasteiger partial charge on any atom is 0.124 e. The molecule has 1 aromatic rings. The first-order chi connectivity index (χ1) is 8.69. The van der Waals surface area contributed by atoms with Gasteiger partial charge in [0.15, 0.2) is 0 Å². The van der Waals surface area contributed by atoms with Gasteiger partial charge in [0.25, 0.3) is 0 Å². The first-order valence-corrected chi connectivity index (χ1v) is 6.61. The minimum atomic E-state index is 0.774. The Morgan fingerprint density at radius 2 is 1.78 bits per heavy atom. The summed E-state index contributed by atoms with van der Waals surface area (Å²) in [6.45, 7) is 9.75. The predicted molar refractivity (Wildman–Crippen MR) is 75.5 cm³/mol. The fourth-order valence-electron chi connectivity index (χ4n) is 2.12. The summed E-state index contributed by atoms with van der Waals surface area (Å²) in [6, 6.07) is 4.36. The third-order valence-electron chi connectivity index (χ3n) is 2.93. The zero-order valence-electron chi connectivity index (χ0n) is 12.0. The standard InChI is InChI=1S/C15H25NO2/c1-5-16-7-9-18-8-6-14-10-12(2)15(17-4)13(3)11-14/h10-11,16H,5-9H2,1-4H3. The monoisotopic (exact) mass is 251 g/mol. The molecule has 0 aromatic heterocycles. The second-order valence-electron chi connectivity index (χ2n) is 4.48. The molecule has 0 spiro atoms. The molecule has 0 atom stereocenters. The Hall–Kier alpha value is -1.06. The predicted octanol–water partition coefficient (Wildman–Crippen LogP) is 2.48. The fourth-order valence-corrected chi connectivity index (χ4v) is 2.12. The highest BCUT2D eigenvalue weighted by molar-refractivity contribution is 5.43. The summed E-state index contributed by atoms with van der Waals surface area (Å²) in [6.07, 6.45) is 0.956. The van der Waals surface area contributed by atoms with Gasteiger partial charge in [-0.25, -0.2) is 0 Å². The third-order valence-corrected chi connectivity index (χ3v) is 2.93. The molecule has 0 saturated heterocycles. The molecule has 3 nitrogen and oxygen atoms in total. The minimum Gasteiger partial charge on any atom is -0.496 e. The van der Waals surface area contributed by atoms with Gasteiger partial charge in [-0.15, -0.1) is 0 Å². The number of aryl methyl sites for hydroxylation is 2. The van der Waals surface area contributed by atoms with Crippen molar-refractivity contribution in [1.29, 1.82) is 0 Å². The Morgan fingerprint density at radius 3 is 2.33 bits per heavy atom. The van der Waals surface area contributed by atoms with E-state index in [4.69, 9.17) is 9.47 Å². The van der Waals surface area contributed by atoms with Crippen LogP contribution in [0.1, 0.15) is 23.6 Å². The van der Waals surface area contributed by atoms with E-state index < -0.39 is 0 Å². The van der Waals surface area contributed by atoms with E-state index >= 15 is 0 Å². The van der Waals surface area contributed by atoms with Crippen LogP contribution in [0.3, 0.4) is 0 Å². The van der Waals surface area contributed by atoms with Crippen LogP contribution in [0.2, 0.25) is 0 Å². The van der Waals surface area contributed by atoms with Crippen molar-refractivity contribution in [3.05, 3.63) is 28.8 Å². The SMILES string of the molecule is CCNCCOCCc1cc(C)c(OC)c(C)c1. The lowest BCUT2D eigenvalue weighted by molar-refractivity contribution is 0.139. The largest absolute Gasteiger partial charge is 0.496 e. The van der Waals surface area contributed by atoms with E-state index in [-0.39, 0.29) is 0 Å². The second kappa shape index (κ2) is 8.11. The molecule has 0 aliphatic rings. The highest BCUT2D eigenvalue weighted by atomic mass is 16.5. The molecule has 102 valence electrons. The van der Waals surface area contributed by atoms with Gasteiger partial charge in [0.05, 0.1) is 20.3 Å². The summed E-state index contributed by atoms with van der Waals surface area (Å²) in [5, 5.41) is 3.24. The van der Waals surface area contributed by atoms with E-state index in [1.54, 1.807) is 7.11 Å². The normalized spacial score (nSPS) is 10.7. The van der Waals surface area contributed by atoms with Crippen LogP contribution in [0.5, 0.6) is 5.75 Å². The molecule has 0 heterocycles. The molecule has 0 fully saturated rings. The van der Waals surface area contributed by atoms with Gasteiger partial charge >= 0.3 is 0 Å². The average molecular weight is 251 g/mol. The van der Waals surface area contributed by atoms with Crippen molar-refractivity contribution in [2.75, 3.05) is 33.4 Å². The van der Waals surface area contributed by atoms with Crippen LogP contribution in [0.25, 0.3) is 0 Å². The third kappa shape index (κ3) is 4.67. The first-order valence-electron chi connectivity index (χ1n) is 6.61. The van der Waals surface area contributed by atoms with Crippen LogP contribution >= 0.6 is 0 Å². The molecule has 0 saturated carbocycles. The van der Waals surface area contributed by atoms with Gasteiger partial charge in [0.1, 0.15) is 5.75 Å². The molecule has 0 unspecified atom stereocenters. The van der Waals surface area contributed by atoms with Crippen molar-refractivity contribution in [3.8, 4) is 5.75 Å². The van der Waals surface area contributed by atoms with Crippen LogP contribution < -0.4 is 10.1 Å². The quantitative estimate of drug-likeness (QED) is 0.720. The number of ether oxygens (including phenoxy) is 2. The molecule has 18 heavy (non-hydrogen) atoms. The highest BCUT2D eigenvalue weighted by Crippen LogP contribution is 2.24. The van der Waals surface area contributed by atoms with Gasteiger partial charge in [-0.05, 0) is 43.5 Å². The molecular weight excluding hydrogens is 226 g/mol. The van der Waals surface area contributed by atoms with E-state index in [0.29, 0.717) is 0 Å². The van der Waals surface area contributed by atoms with E-state index in [2.05, 4.69) is 38.2 Å². The zero-order valence-corrected chi connectivity index (χ0v) is 12.0. The van der Waals surface area contributed by atoms with Crippen molar-refractivity contribution >= 4 is 0 Å². The van der Waals surface area contributed by atoms with Crippen LogP contribution in [0.15, 0.2) is 12.1 Å². The van der Waals surface area contributed by atoms with Crippen molar-refractivity contribution in [3.63, 3.8) is 0 Å². The Bertz CT molecular complexity index is 341. The molecular formula is C15H25NO2. The number of hydrogen-bond donors (Lipinski definition) is 1. The van der Waals surface area contributed by atoms with Gasteiger partial charge in [-0.3, -0.25) is 0 Å². The summed E-state index contributed by atoms with van der Waals surface area (Å²) in [5.41, 5.74) is 3.70. The zero-order chi connectivity index (χ0) is 13.4. The first kappa shape index (κ1) is 15.0. The average Bonchev–Trinajstić information content (AvgIpc) is 2.33. The number of likely N-dealkylation sites (N-methyl/N-ethyl adjacent to an activating group) is 1. The van der Waals surface area contributed by atoms with Gasteiger partial charge in [-0.1, -0.05) is 19.1 Å². The lowest BCUT2D eigenvalue weighted by Gasteiger charge is -2.11. The van der Waals surface area contributed by atoms with Crippen LogP contribution in [0.4, 0.5) is 0 Å². The van der Waals surface area contributed by atoms with E-state index in [1.165, 1.54) is 16.7 Å². The Labute approximate surface area is 110 Å². The van der Waals surface area contributed by atoms with Crippen molar-refractivity contribution in [2.24, 2.45) is 0 Å². The molecule has 0 radical (unpaired) electrons. The van der Waals surface area contributed by atoms with Gasteiger partial charge in [0, 0.05) is 6.54 Å². The van der Waals surface area contributed by atoms with Crippen molar-refractivity contribution < 1.29 is 9.47 Å². The number of nitrogens with one attached hydrogen (secondary N) is 1. The van der Waals surface area contributed by atoms with Crippen molar-refractivity contribution in [2.45, 2.75) is 27.2 Å². The molecule has 0 bridgehead atoms. The number of benzene rings is 1. The molecule has 1 aromatic carbocycles. The van der Waals surface area contributed by atoms with E-state index in [0.717, 1.165) is 38.5 Å². The number of rotatable bonds is 8. The molecule has 3 heteroatoms. The van der Waals surface area contributed by atoms with E-state index in [1.807, 2.05) is 0 Å². The van der Waals surface area contributed by atoms with Gasteiger partial charge in [0.2, 0.25) is 0 Å². The molecule has 0 aliphatic heterocycles. The number of methoxy groups -OCH3 is 1. The van der Waals surface area contributed by atoms with Crippen LogP contribution in [0, 0.1) is 13.8 Å². The maximum atomic E-state index is 5.58. The highest BCUT2D eigenvalue weighted by Gasteiger charge is 2.05. The Kier molecular flexibility index (Phi) is 6.76. The van der Waals surface area contributed by atoms with Crippen LogP contribution in [-0.2, 0) is 11.2 Å². The van der Waals surface area contributed by atoms with Crippen molar-refractivity contribution in [1.82, 2.24) is 5.32 Å². The second-order valence-corrected chi connectivity index (χ2v) is 4.48. The molecule has 0 amide bonds. The Morgan fingerprint density at radius 1 is 1.11 bits per heavy atom. The van der Waals surface area contributed by atoms with Crippen LogP contribution in [-0.4, -0.2) is 33.4 Å².